The Morgan fingerprint density at radius 1 is 0.644 bits per heavy atom. The summed E-state index contributed by atoms with van der Waals surface area (Å²) in [4.78, 5) is 32.6. The van der Waals surface area contributed by atoms with Gasteiger partial charge in [-0.2, -0.15) is 0 Å². The summed E-state index contributed by atoms with van der Waals surface area (Å²) in [5.74, 6) is 0.571. The maximum Gasteiger partial charge on any atom is 0.406 e. The molecule has 2 atom stereocenters. The largest absolute Gasteiger partial charge is 0.453 e. The van der Waals surface area contributed by atoms with Crippen LogP contribution < -0.4 is 15.2 Å². The van der Waals surface area contributed by atoms with Gasteiger partial charge >= 0.3 is 11.8 Å². The van der Waals surface area contributed by atoms with Crippen molar-refractivity contribution < 1.29 is 42.5 Å². The number of non-ortho nitro benzene ring substituents is 2. The number of nitrogens with one attached hydrogen (secondary N) is 2. The van der Waals surface area contributed by atoms with Crippen LogP contribution >= 0.6 is 8.38 Å². The Bertz CT molecular complexity index is 2170. The quantitative estimate of drug-likeness (QED) is 0.0300. The Balaban J connectivity index is 0.000000570. The molecule has 0 aliphatic rings. The van der Waals surface area contributed by atoms with Gasteiger partial charge in [-0.3, -0.25) is 20.2 Å². The lowest BCUT2D eigenvalue weighted by molar-refractivity contribution is -0.384. The second-order valence-corrected chi connectivity index (χ2v) is 28.9. The number of fused-ring (bicyclic) bond motifs is 1. The van der Waals surface area contributed by atoms with E-state index >= 15 is 0 Å². The Morgan fingerprint density at radius 3 is 1.68 bits per heavy atom. The third-order valence-electron chi connectivity index (χ3n) is 11.8. The van der Waals surface area contributed by atoms with Gasteiger partial charge in [0.05, 0.1) is 35.9 Å². The van der Waals surface area contributed by atoms with Gasteiger partial charge in [-0.1, -0.05) is 132 Å². The second kappa shape index (κ2) is 27.0. The van der Waals surface area contributed by atoms with Crippen molar-refractivity contribution >= 4 is 42.6 Å². The molecule has 3 rings (SSSR count). The molecule has 1 heterocycles. The van der Waals surface area contributed by atoms with Crippen LogP contribution in [0.2, 0.25) is 0 Å². The average Bonchev–Trinajstić information content (AvgIpc) is 3.70. The van der Waals surface area contributed by atoms with Crippen LogP contribution in [0.4, 0.5) is 21.9 Å². The Morgan fingerprint density at radius 2 is 1.16 bits per heavy atom. The summed E-state index contributed by atoms with van der Waals surface area (Å²) < 4.78 is 35.0. The highest BCUT2D eigenvalue weighted by Crippen LogP contribution is 2.48. The van der Waals surface area contributed by atoms with Crippen molar-refractivity contribution in [3.63, 3.8) is 0 Å². The lowest BCUT2D eigenvalue weighted by atomic mass is 9.74. The minimum Gasteiger partial charge on any atom is -0.453 e. The molecule has 0 fully saturated rings. The summed E-state index contributed by atoms with van der Waals surface area (Å²) in [6.45, 7) is 45.8. The Kier molecular flexibility index (Phi) is 24.1. The average molecular weight is 1050 g/mol. The van der Waals surface area contributed by atoms with Gasteiger partial charge in [0.2, 0.25) is 13.9 Å². The molecule has 0 saturated heterocycles. The van der Waals surface area contributed by atoms with E-state index in [1.165, 1.54) is 25.3 Å². The molecule has 2 aromatic carbocycles. The van der Waals surface area contributed by atoms with Gasteiger partial charge in [-0.15, -0.1) is 0 Å². The fraction of sp³-hybridized carbons (Fsp3) is 0.764. The predicted molar refractivity (Wildman–Crippen MR) is 294 cm³/mol. The number of ether oxygens (including phenoxy) is 3. The van der Waals surface area contributed by atoms with Gasteiger partial charge in [-0.25, -0.2) is 9.42 Å². The van der Waals surface area contributed by atoms with E-state index in [4.69, 9.17) is 18.5 Å². The normalized spacial score (nSPS) is 14.0. The zero-order valence-electron chi connectivity index (χ0n) is 48.5. The van der Waals surface area contributed by atoms with Gasteiger partial charge in [0.1, 0.15) is 11.9 Å². The lowest BCUT2D eigenvalue weighted by Crippen LogP contribution is -2.38. The minimum absolute atomic E-state index is 0.0345. The molecule has 0 spiro atoms. The lowest BCUT2D eigenvalue weighted by Gasteiger charge is -2.35. The van der Waals surface area contributed by atoms with Crippen molar-refractivity contribution in [1.29, 1.82) is 0 Å². The predicted octanol–water partition coefficient (Wildman–Crippen LogP) is 15.2. The summed E-state index contributed by atoms with van der Waals surface area (Å²) in [6.07, 6.45) is 6.03. The topological polar surface area (TPSA) is 212 Å². The van der Waals surface area contributed by atoms with E-state index in [0.717, 1.165) is 44.7 Å². The SMILES string of the molecule is CC(C)(C)CC(C)(C)CCOCC(COP(CC(C)(C)CC(C)(C)C)Oc1ccc([N+](=O)[O-])cc1)OCCC(C)(C)CC(C)(C)C.COC(=O)NCC(C)(C)CC(C)(C)CNc1ccc([N+](=O)[O-])c2nonc12. The smallest absolute Gasteiger partial charge is 0.406 e. The standard InChI is InChI=1S/C38H70NO6P.C17H25N5O5/c1-33(2,3)26-36(10,11)20-22-42-24-32(43-23-21-37(12,13)27-34(4,5)6)25-44-46(29-38(14,15)28-35(7,8)9)45-31-18-16-30(17-19-31)39(40)41;1-16(2,8-17(3,4)10-19-15(23)26-5)9-18-11-6-7-12(22(24)25)14-13(11)20-27-21-14/h16-19,32H,20-29H2,1-15H3;6-7,18H,8-10H2,1-5H3,(H,19,23). The van der Waals surface area contributed by atoms with E-state index in [0.29, 0.717) is 56.5 Å². The van der Waals surface area contributed by atoms with E-state index < -0.39 is 24.3 Å². The summed E-state index contributed by atoms with van der Waals surface area (Å²) in [5.41, 5.74) is 1.65. The minimum atomic E-state index is -1.35. The van der Waals surface area contributed by atoms with E-state index in [-0.39, 0.29) is 66.3 Å². The number of rotatable bonds is 28. The molecule has 2 unspecified atom stereocenters. The molecule has 1 amide bonds. The van der Waals surface area contributed by atoms with E-state index in [9.17, 15) is 25.0 Å². The van der Waals surface area contributed by atoms with E-state index in [1.54, 1.807) is 18.2 Å². The monoisotopic (exact) mass is 1050 g/mol. The van der Waals surface area contributed by atoms with Crippen LogP contribution in [0.1, 0.15) is 170 Å². The van der Waals surface area contributed by atoms with Gasteiger partial charge < -0.3 is 33.9 Å². The molecule has 0 bridgehead atoms. The number of amides is 1. The molecule has 416 valence electrons. The van der Waals surface area contributed by atoms with Crippen LogP contribution in [-0.4, -0.2) is 85.1 Å². The molecular formula is C55H95N6O11P. The first kappa shape index (κ1) is 64.9. The Labute approximate surface area is 439 Å². The van der Waals surface area contributed by atoms with Crippen LogP contribution in [0.25, 0.3) is 11.0 Å². The van der Waals surface area contributed by atoms with Crippen molar-refractivity contribution in [3.8, 4) is 5.75 Å². The summed E-state index contributed by atoms with van der Waals surface area (Å²) in [7, 11) is -0.0166. The first-order valence-electron chi connectivity index (χ1n) is 25.7. The summed E-state index contributed by atoms with van der Waals surface area (Å²) in [5, 5.41) is 35.7. The molecular weight excluding hydrogens is 952 g/mol. The van der Waals surface area contributed by atoms with Crippen LogP contribution in [0.15, 0.2) is 41.0 Å². The number of nitro groups is 2. The number of anilines is 1. The fourth-order valence-corrected chi connectivity index (χ4v) is 12.1. The van der Waals surface area contributed by atoms with Gasteiger partial charge in [0.25, 0.3) is 5.69 Å². The third kappa shape index (κ3) is 27.3. The first-order chi connectivity index (χ1) is 33.2. The number of carbonyl (C=O) groups excluding carboxylic acids is 1. The third-order valence-corrected chi connectivity index (χ3v) is 13.8. The molecule has 1 aromatic heterocycles. The number of benzene rings is 2. The molecule has 2 N–H and O–H groups in total. The number of hydrogen-bond donors (Lipinski definition) is 2. The molecule has 18 heteroatoms. The molecule has 0 saturated carbocycles. The van der Waals surface area contributed by atoms with E-state index in [1.807, 2.05) is 0 Å². The van der Waals surface area contributed by atoms with Crippen molar-refractivity contribution in [3.05, 3.63) is 56.6 Å². The maximum absolute atomic E-state index is 11.3. The number of nitrogens with zero attached hydrogens (tertiary/aromatic N) is 4. The first-order valence-corrected chi connectivity index (χ1v) is 27.0. The fourth-order valence-electron chi connectivity index (χ4n) is 10.4. The number of hydrogen-bond acceptors (Lipinski definition) is 14. The summed E-state index contributed by atoms with van der Waals surface area (Å²) >= 11 is 0. The van der Waals surface area contributed by atoms with Crippen LogP contribution in [0.3, 0.4) is 0 Å². The van der Waals surface area contributed by atoms with Crippen molar-refractivity contribution in [1.82, 2.24) is 15.6 Å². The van der Waals surface area contributed by atoms with Crippen molar-refractivity contribution in [2.24, 2.45) is 43.3 Å². The van der Waals surface area contributed by atoms with Gasteiger partial charge in [0, 0.05) is 50.7 Å². The zero-order chi connectivity index (χ0) is 55.9. The van der Waals surface area contributed by atoms with Crippen molar-refractivity contribution in [2.45, 2.75) is 176 Å². The van der Waals surface area contributed by atoms with E-state index in [2.05, 4.69) is 162 Å². The number of methoxy groups -OCH3 is 1. The second-order valence-electron chi connectivity index (χ2n) is 27.5. The Hall–Kier alpha value is -4.18. The van der Waals surface area contributed by atoms with Crippen molar-refractivity contribution in [2.75, 3.05) is 58.1 Å². The highest BCUT2D eigenvalue weighted by molar-refractivity contribution is 7.47. The molecule has 3 aromatic rings. The van der Waals surface area contributed by atoms with Gasteiger partial charge in [0.15, 0.2) is 5.52 Å². The highest BCUT2D eigenvalue weighted by atomic mass is 31.2. The number of carbonyl (C=O) groups is 1. The number of nitro benzene ring substituents is 2. The summed E-state index contributed by atoms with van der Waals surface area (Å²) in [6, 6.07) is 9.24. The highest BCUT2D eigenvalue weighted by Gasteiger charge is 2.34. The molecule has 73 heavy (non-hydrogen) atoms. The van der Waals surface area contributed by atoms with Crippen LogP contribution in [0.5, 0.6) is 5.75 Å². The number of aromatic nitrogens is 2. The maximum atomic E-state index is 11.3. The number of alkyl carbamates (subject to hydrolysis) is 1. The van der Waals surface area contributed by atoms with Crippen LogP contribution in [-0.2, 0) is 18.7 Å². The molecule has 0 aliphatic carbocycles. The van der Waals surface area contributed by atoms with Crippen LogP contribution in [0, 0.1) is 63.5 Å². The molecule has 0 radical (unpaired) electrons. The molecule has 0 aliphatic heterocycles. The molecule has 17 nitrogen and oxygen atoms in total. The van der Waals surface area contributed by atoms with Gasteiger partial charge in [-0.05, 0) is 110 Å². The zero-order valence-corrected chi connectivity index (χ0v) is 49.4.